The van der Waals surface area contributed by atoms with E-state index in [-0.39, 0.29) is 0 Å². The zero-order valence-corrected chi connectivity index (χ0v) is 9.83. The van der Waals surface area contributed by atoms with E-state index in [1.165, 1.54) is 17.8 Å². The molecule has 0 saturated carbocycles. The molecule has 0 spiro atoms. The fourth-order valence-corrected chi connectivity index (χ4v) is 2.25. The summed E-state index contributed by atoms with van der Waals surface area (Å²) >= 11 is 10.7. The van der Waals surface area contributed by atoms with E-state index in [9.17, 15) is 4.79 Å². The molecule has 68 valence electrons. The number of isocyanates is 1. The van der Waals surface area contributed by atoms with E-state index in [2.05, 4.69) is 20.9 Å². The topological polar surface area (TPSA) is 29.4 Å². The Morgan fingerprint density at radius 2 is 2.31 bits per heavy atom. The Morgan fingerprint density at radius 1 is 1.62 bits per heavy atom. The van der Waals surface area contributed by atoms with E-state index < -0.39 is 0 Å². The summed E-state index contributed by atoms with van der Waals surface area (Å²) in [7, 11) is 0. The fourth-order valence-electron chi connectivity index (χ4n) is 0.810. The van der Waals surface area contributed by atoms with Gasteiger partial charge in [-0.1, -0.05) is 11.6 Å². The highest BCUT2D eigenvalue weighted by Gasteiger charge is 2.05. The third kappa shape index (κ3) is 2.58. The van der Waals surface area contributed by atoms with Crippen molar-refractivity contribution in [1.82, 2.24) is 0 Å². The Bertz CT molecular complexity index is 377. The van der Waals surface area contributed by atoms with Crippen molar-refractivity contribution in [3.05, 3.63) is 21.6 Å². The summed E-state index contributed by atoms with van der Waals surface area (Å²) in [6.07, 6.45) is 3.39. The molecule has 0 amide bonds. The van der Waals surface area contributed by atoms with E-state index in [4.69, 9.17) is 11.6 Å². The SMILES string of the molecule is CSc1cc(N=C=O)c(Br)cc1Cl. The number of halogens is 2. The minimum atomic E-state index is 0.545. The second-order valence-electron chi connectivity index (χ2n) is 2.14. The van der Waals surface area contributed by atoms with Gasteiger partial charge in [-0.3, -0.25) is 0 Å². The molecule has 1 rings (SSSR count). The van der Waals surface area contributed by atoms with Gasteiger partial charge >= 0.3 is 0 Å². The lowest BCUT2D eigenvalue weighted by Gasteiger charge is -2.02. The molecule has 0 atom stereocenters. The summed E-state index contributed by atoms with van der Waals surface area (Å²) in [5.74, 6) is 0. The standard InChI is InChI=1S/C8H5BrClNOS/c1-13-8-3-7(11-4-12)5(9)2-6(8)10/h2-3H,1H3. The molecule has 0 radical (unpaired) electrons. The molecule has 13 heavy (non-hydrogen) atoms. The van der Waals surface area contributed by atoms with Gasteiger partial charge in [-0.25, -0.2) is 4.79 Å². The van der Waals surface area contributed by atoms with Gasteiger partial charge in [-0.05, 0) is 34.3 Å². The molecule has 0 aliphatic rings. The van der Waals surface area contributed by atoms with Gasteiger partial charge in [0.05, 0.1) is 10.7 Å². The largest absolute Gasteiger partial charge is 0.240 e. The van der Waals surface area contributed by atoms with Crippen molar-refractivity contribution in [2.75, 3.05) is 6.26 Å². The highest BCUT2D eigenvalue weighted by molar-refractivity contribution is 9.10. The summed E-state index contributed by atoms with van der Waals surface area (Å²) in [6.45, 7) is 0. The molecule has 1 aromatic rings. The highest BCUT2D eigenvalue weighted by Crippen LogP contribution is 2.35. The molecule has 0 unspecified atom stereocenters. The lowest BCUT2D eigenvalue weighted by Crippen LogP contribution is -1.75. The molecular formula is C8H5BrClNOS. The molecule has 1 aromatic carbocycles. The first-order chi connectivity index (χ1) is 6.19. The molecule has 0 bridgehead atoms. The van der Waals surface area contributed by atoms with E-state index >= 15 is 0 Å². The van der Waals surface area contributed by atoms with Crippen LogP contribution in [-0.4, -0.2) is 12.3 Å². The quantitative estimate of drug-likeness (QED) is 0.468. The lowest BCUT2D eigenvalue weighted by atomic mass is 10.3. The molecular weight excluding hydrogens is 274 g/mol. The minimum Gasteiger partial charge on any atom is -0.211 e. The van der Waals surface area contributed by atoms with Crippen LogP contribution in [0, 0.1) is 0 Å². The predicted molar refractivity (Wildman–Crippen MR) is 58.7 cm³/mol. The molecule has 0 fully saturated rings. The lowest BCUT2D eigenvalue weighted by molar-refractivity contribution is 0.565. The zero-order chi connectivity index (χ0) is 9.84. The number of carbonyl (C=O) groups excluding carboxylic acids is 1. The Labute approximate surface area is 93.5 Å². The second-order valence-corrected chi connectivity index (χ2v) is 4.25. The fraction of sp³-hybridized carbons (Fsp3) is 0.125. The first-order valence-electron chi connectivity index (χ1n) is 3.30. The Hall–Kier alpha value is -0.280. The van der Waals surface area contributed by atoms with Crippen molar-refractivity contribution in [3.8, 4) is 0 Å². The van der Waals surface area contributed by atoms with Crippen molar-refractivity contribution in [2.45, 2.75) is 4.90 Å². The maximum atomic E-state index is 10.1. The van der Waals surface area contributed by atoms with E-state index in [1.807, 2.05) is 6.26 Å². The number of nitrogens with zero attached hydrogens (tertiary/aromatic N) is 1. The average molecular weight is 279 g/mol. The van der Waals surface area contributed by atoms with Gasteiger partial charge < -0.3 is 0 Å². The Morgan fingerprint density at radius 3 is 2.85 bits per heavy atom. The third-order valence-corrected chi connectivity index (χ3v) is 3.22. The van der Waals surface area contributed by atoms with Gasteiger partial charge in [-0.2, -0.15) is 4.99 Å². The average Bonchev–Trinajstić information content (AvgIpc) is 2.10. The summed E-state index contributed by atoms with van der Waals surface area (Å²) in [5, 5.41) is 0.643. The summed E-state index contributed by atoms with van der Waals surface area (Å²) in [6, 6.07) is 3.45. The number of benzene rings is 1. The van der Waals surface area contributed by atoms with Gasteiger partial charge in [0.1, 0.15) is 0 Å². The van der Waals surface area contributed by atoms with E-state index in [1.54, 1.807) is 12.1 Å². The van der Waals surface area contributed by atoms with Gasteiger partial charge in [-0.15, -0.1) is 11.8 Å². The first-order valence-corrected chi connectivity index (χ1v) is 5.69. The van der Waals surface area contributed by atoms with Crippen LogP contribution < -0.4 is 0 Å². The van der Waals surface area contributed by atoms with Crippen LogP contribution >= 0.6 is 39.3 Å². The molecule has 0 aliphatic carbocycles. The molecule has 0 aliphatic heterocycles. The van der Waals surface area contributed by atoms with Crippen molar-refractivity contribution in [2.24, 2.45) is 4.99 Å². The van der Waals surface area contributed by atoms with Gasteiger partial charge in [0, 0.05) is 9.37 Å². The molecule has 5 heteroatoms. The van der Waals surface area contributed by atoms with Gasteiger partial charge in [0.25, 0.3) is 0 Å². The molecule has 0 N–H and O–H groups in total. The van der Waals surface area contributed by atoms with Crippen molar-refractivity contribution in [3.63, 3.8) is 0 Å². The number of aliphatic imine (C=N–C) groups is 1. The van der Waals surface area contributed by atoms with Crippen LogP contribution in [0.5, 0.6) is 0 Å². The van der Waals surface area contributed by atoms with Gasteiger partial charge in [0.2, 0.25) is 6.08 Å². The van der Waals surface area contributed by atoms with Crippen LogP contribution in [0.4, 0.5) is 5.69 Å². The maximum absolute atomic E-state index is 10.1. The molecule has 0 heterocycles. The van der Waals surface area contributed by atoms with Crippen molar-refractivity contribution < 1.29 is 4.79 Å². The second kappa shape index (κ2) is 4.82. The smallest absolute Gasteiger partial charge is 0.211 e. The monoisotopic (exact) mass is 277 g/mol. The number of hydrogen-bond donors (Lipinski definition) is 0. The van der Waals surface area contributed by atoms with E-state index in [0.717, 1.165) is 4.90 Å². The van der Waals surface area contributed by atoms with Crippen LogP contribution in [0.15, 0.2) is 26.5 Å². The van der Waals surface area contributed by atoms with Crippen molar-refractivity contribution >= 4 is 51.1 Å². The van der Waals surface area contributed by atoms with Crippen LogP contribution in [0.3, 0.4) is 0 Å². The summed E-state index contributed by atoms with van der Waals surface area (Å²) < 4.78 is 0.693. The maximum Gasteiger partial charge on any atom is 0.240 e. The van der Waals surface area contributed by atoms with Crippen LogP contribution in [0.1, 0.15) is 0 Å². The predicted octanol–water partition coefficient (Wildman–Crippen LogP) is 3.79. The van der Waals surface area contributed by atoms with Crippen LogP contribution in [0.25, 0.3) is 0 Å². The summed E-state index contributed by atoms with van der Waals surface area (Å²) in [4.78, 5) is 14.5. The molecule has 2 nitrogen and oxygen atoms in total. The highest BCUT2D eigenvalue weighted by atomic mass is 79.9. The Kier molecular flexibility index (Phi) is 4.00. The zero-order valence-electron chi connectivity index (χ0n) is 6.67. The minimum absolute atomic E-state index is 0.545. The van der Waals surface area contributed by atoms with Crippen molar-refractivity contribution in [1.29, 1.82) is 0 Å². The van der Waals surface area contributed by atoms with E-state index in [0.29, 0.717) is 15.2 Å². The third-order valence-electron chi connectivity index (χ3n) is 1.39. The number of thioether (sulfide) groups is 1. The molecule has 0 aromatic heterocycles. The van der Waals surface area contributed by atoms with Gasteiger partial charge in [0.15, 0.2) is 0 Å². The molecule has 0 saturated heterocycles. The first kappa shape index (κ1) is 10.8. The Balaban J connectivity index is 3.29. The number of rotatable bonds is 2. The normalized spacial score (nSPS) is 9.46. The number of hydrogen-bond acceptors (Lipinski definition) is 3. The van der Waals surface area contributed by atoms with Crippen LogP contribution in [-0.2, 0) is 4.79 Å². The van der Waals surface area contributed by atoms with Crippen LogP contribution in [0.2, 0.25) is 5.02 Å². The summed E-state index contributed by atoms with van der Waals surface area (Å²) in [5.41, 5.74) is 0.545.